The molecule has 0 unspecified atom stereocenters. The van der Waals surface area contributed by atoms with Crippen molar-refractivity contribution in [3.8, 4) is 0 Å². The second-order valence-corrected chi connectivity index (χ2v) is 13.2. The minimum Gasteiger partial charge on any atom is -0.744 e. The summed E-state index contributed by atoms with van der Waals surface area (Å²) in [5.74, 6) is 0. The van der Waals surface area contributed by atoms with Crippen LogP contribution in [0.25, 0.3) is 12.2 Å². The van der Waals surface area contributed by atoms with E-state index in [-0.39, 0.29) is 122 Å². The van der Waals surface area contributed by atoms with Crippen LogP contribution in [0.4, 0.5) is 28.4 Å². The summed E-state index contributed by atoms with van der Waals surface area (Å²) in [7, 11) is -14.5. The summed E-state index contributed by atoms with van der Waals surface area (Å²) in [6.07, 6.45) is 2.07. The van der Waals surface area contributed by atoms with E-state index in [1.807, 2.05) is 0 Å². The summed E-state index contributed by atoms with van der Waals surface area (Å²) in [4.78, 5) is 8.18. The topological polar surface area (TPSA) is 272 Å². The van der Waals surface area contributed by atoms with Crippen LogP contribution in [0, 0.1) is 15.3 Å². The number of nitro benzene ring substituents is 1. The van der Waals surface area contributed by atoms with Gasteiger partial charge in [-0.05, 0) is 71.8 Å². The van der Waals surface area contributed by atoms with E-state index < -0.39 is 55.7 Å². The van der Waals surface area contributed by atoms with Gasteiger partial charge in [0.05, 0.1) is 21.2 Å². The summed E-state index contributed by atoms with van der Waals surface area (Å²) in [5, 5.41) is 35.4. The number of rotatable bonds is 10. The SMILES string of the molecule is O=[N+]([O-])c1ccc(/C=C/c2ccc([N+]([O-])=Nc3ccc(N=Nc4ccc(S(=O)(=O)[O-])cc4)cc3)cc2S(=O)(=O)O)c(S(=O)(=O)O)c1.[Na+].[Na+].[Na+]. The van der Waals surface area contributed by atoms with E-state index in [2.05, 4.69) is 15.3 Å². The Labute approximate surface area is 345 Å². The van der Waals surface area contributed by atoms with E-state index >= 15 is 0 Å². The maximum absolute atomic E-state index is 12.7. The number of nitrogens with zero attached hydrogens (tertiary/aromatic N) is 5. The number of benzene rings is 4. The smallest absolute Gasteiger partial charge is 0.744 e. The fourth-order valence-electron chi connectivity index (χ4n) is 3.72. The average Bonchev–Trinajstić information content (AvgIpc) is 2.98. The minimum absolute atomic E-state index is 0. The predicted molar refractivity (Wildman–Crippen MR) is 158 cm³/mol. The monoisotopic (exact) mass is 757 g/mol. The molecule has 2 N–H and O–H groups in total. The molecule has 17 nitrogen and oxygen atoms in total. The van der Waals surface area contributed by atoms with Gasteiger partial charge in [0, 0.05) is 29.4 Å². The first kappa shape index (κ1) is 44.8. The third-order valence-corrected chi connectivity index (χ3v) is 8.55. The molecule has 4 aromatic carbocycles. The van der Waals surface area contributed by atoms with Crippen molar-refractivity contribution < 1.29 is 137 Å². The van der Waals surface area contributed by atoms with Crippen molar-refractivity contribution in [3.63, 3.8) is 0 Å². The van der Waals surface area contributed by atoms with Gasteiger partial charge in [0.1, 0.15) is 25.6 Å². The number of non-ortho nitro benzene ring substituents is 1. The molecule has 0 bridgehead atoms. The molecule has 0 amide bonds. The molecular formula is C26H18N5Na3O12S3+2. The maximum Gasteiger partial charge on any atom is 1.00 e. The fraction of sp³-hybridized carbons (Fsp3) is 0. The molecule has 0 saturated heterocycles. The fourth-order valence-corrected chi connectivity index (χ4v) is 5.60. The zero-order valence-electron chi connectivity index (χ0n) is 25.7. The van der Waals surface area contributed by atoms with Gasteiger partial charge in [-0.25, -0.2) is 8.42 Å². The Hall–Kier alpha value is -2.25. The van der Waals surface area contributed by atoms with Gasteiger partial charge in [-0.2, -0.15) is 27.1 Å². The molecule has 0 radical (unpaired) electrons. The molecule has 0 aliphatic carbocycles. The largest absolute Gasteiger partial charge is 1.00 e. The Bertz CT molecular complexity index is 2270. The van der Waals surface area contributed by atoms with Crippen LogP contribution in [0.15, 0.2) is 115 Å². The molecule has 0 fully saturated rings. The molecule has 4 aromatic rings. The number of hydrogen-bond donors (Lipinski definition) is 2. The van der Waals surface area contributed by atoms with E-state index in [0.29, 0.717) is 11.8 Å². The van der Waals surface area contributed by atoms with Crippen LogP contribution < -0.4 is 88.7 Å². The molecule has 23 heteroatoms. The van der Waals surface area contributed by atoms with Gasteiger partial charge in [0.15, 0.2) is 0 Å². The van der Waals surface area contributed by atoms with Gasteiger partial charge in [-0.3, -0.25) is 19.2 Å². The maximum atomic E-state index is 12.7. The Balaban J connectivity index is 0.00000400. The van der Waals surface area contributed by atoms with Crippen molar-refractivity contribution in [2.75, 3.05) is 0 Å². The summed E-state index contributed by atoms with van der Waals surface area (Å²) in [6, 6.07) is 16.0. The number of azo groups is 2. The zero-order chi connectivity index (χ0) is 33.9. The average molecular weight is 758 g/mol. The van der Waals surface area contributed by atoms with Gasteiger partial charge in [0.25, 0.3) is 25.9 Å². The predicted octanol–water partition coefficient (Wildman–Crippen LogP) is -3.48. The first-order chi connectivity index (χ1) is 21.4. The standard InChI is InChI=1S/C26H19N5O12S3.3Na/c32-30(29-21-7-5-19(6-8-21)27-28-20-9-13-24(14-10-20)44(35,36)37)22-11-3-17(25(15-22)45(38,39)40)1-2-18-4-12-23(31(33)34)16-26(18)46(41,42)43;;;/h1-16H,(H,35,36,37)(H,38,39,40)(H,41,42,43);;;/q;3*+1/p-1/b2-1+,28-27?,30-29?;;;. The second-order valence-electron chi connectivity index (χ2n) is 9.02. The molecule has 0 saturated carbocycles. The molecule has 0 spiro atoms. The van der Waals surface area contributed by atoms with Crippen molar-refractivity contribution in [2.45, 2.75) is 14.7 Å². The third kappa shape index (κ3) is 12.5. The normalized spacial score (nSPS) is 12.2. The van der Waals surface area contributed by atoms with Gasteiger partial charge in [0.2, 0.25) is 5.69 Å². The van der Waals surface area contributed by atoms with Gasteiger partial charge in [-0.15, -0.1) is 0 Å². The van der Waals surface area contributed by atoms with E-state index in [4.69, 9.17) is 0 Å². The van der Waals surface area contributed by atoms with Crippen LogP contribution in [0.3, 0.4) is 0 Å². The number of nitro groups is 1. The molecule has 238 valence electrons. The van der Waals surface area contributed by atoms with Crippen molar-refractivity contribution in [1.29, 1.82) is 0 Å². The minimum atomic E-state index is -4.95. The van der Waals surface area contributed by atoms with Crippen molar-refractivity contribution in [3.05, 3.63) is 111 Å². The molecule has 0 aliphatic rings. The van der Waals surface area contributed by atoms with Gasteiger partial charge >= 0.3 is 88.7 Å². The first-order valence-electron chi connectivity index (χ1n) is 12.2. The molecule has 4 rings (SSSR count). The van der Waals surface area contributed by atoms with Crippen LogP contribution in [-0.2, 0) is 30.4 Å². The summed E-state index contributed by atoms with van der Waals surface area (Å²) < 4.78 is 100. The molecule has 0 heterocycles. The third-order valence-electron chi connectivity index (χ3n) is 5.89. The van der Waals surface area contributed by atoms with Crippen molar-refractivity contribution in [1.82, 2.24) is 0 Å². The molecule has 0 aromatic heterocycles. The summed E-state index contributed by atoms with van der Waals surface area (Å²) >= 11 is 0. The Kier molecular flexibility index (Phi) is 16.7. The summed E-state index contributed by atoms with van der Waals surface area (Å²) in [5.41, 5.74) is -0.736. The molecule has 0 atom stereocenters. The molecule has 0 aliphatic heterocycles. The molecular weight excluding hydrogens is 739 g/mol. The van der Waals surface area contributed by atoms with Crippen LogP contribution >= 0.6 is 0 Å². The van der Waals surface area contributed by atoms with Crippen LogP contribution in [0.2, 0.25) is 0 Å². The van der Waals surface area contributed by atoms with E-state index in [1.165, 1.54) is 36.4 Å². The Morgan fingerprint density at radius 3 is 1.39 bits per heavy atom. The quantitative estimate of drug-likeness (QED) is 0.0304. The van der Waals surface area contributed by atoms with Crippen LogP contribution in [0.1, 0.15) is 11.1 Å². The Morgan fingerprint density at radius 1 is 0.592 bits per heavy atom. The molecule has 49 heavy (non-hydrogen) atoms. The first-order valence-corrected chi connectivity index (χ1v) is 16.5. The summed E-state index contributed by atoms with van der Waals surface area (Å²) in [6.45, 7) is 0. The van der Waals surface area contributed by atoms with Crippen LogP contribution in [0.5, 0.6) is 0 Å². The van der Waals surface area contributed by atoms with Crippen LogP contribution in [-0.4, -0.2) is 48.7 Å². The van der Waals surface area contributed by atoms with E-state index in [0.717, 1.165) is 54.6 Å². The second kappa shape index (κ2) is 18.3. The van der Waals surface area contributed by atoms with Crippen molar-refractivity contribution >= 4 is 70.9 Å². The Morgan fingerprint density at radius 2 is 0.980 bits per heavy atom. The van der Waals surface area contributed by atoms with Gasteiger partial charge < -0.3 is 9.76 Å². The van der Waals surface area contributed by atoms with E-state index in [1.54, 1.807) is 0 Å². The number of hydrogen-bond acceptors (Lipinski definition) is 13. The van der Waals surface area contributed by atoms with Crippen molar-refractivity contribution in [2.24, 2.45) is 15.3 Å². The van der Waals surface area contributed by atoms with E-state index in [9.17, 15) is 54.2 Å². The van der Waals surface area contributed by atoms with Gasteiger partial charge in [-0.1, -0.05) is 17.0 Å². The zero-order valence-corrected chi connectivity index (χ0v) is 34.1.